The molecule has 0 aromatic rings. The molecule has 0 aliphatic rings. The Labute approximate surface area is 374 Å². The first-order chi connectivity index (χ1) is 29.6. The van der Waals surface area contributed by atoms with Crippen molar-refractivity contribution in [3.05, 3.63) is 72.9 Å². The summed E-state index contributed by atoms with van der Waals surface area (Å²) in [5.74, 6) is -1.77. The Balaban J connectivity index is 4.34. The molecule has 0 N–H and O–H groups in total. The Kier molecular flexibility index (Phi) is 41.1. The molecule has 2 atom stereocenters. The minimum atomic E-state index is -1.13. The maximum atomic E-state index is 12.8. The molecule has 0 rings (SSSR count). The van der Waals surface area contributed by atoms with Gasteiger partial charge in [-0.3, -0.25) is 9.59 Å². The number of ether oxygens (including phenoxy) is 3. The van der Waals surface area contributed by atoms with Crippen LogP contribution in [0.3, 0.4) is 0 Å². The SMILES string of the molecule is CC/C=C/C/C=C/C/C=C/C/C=C/C/C=C/C/C=C/CCCCCCC(=O)OC(COCCC(C(=O)[O-])[N+](C)(C)C)COC(=O)CCCCCCCCCCCCCCCC. The average Bonchev–Trinajstić information content (AvgIpc) is 3.22. The molecular weight excluding hydrogens is 763 g/mol. The van der Waals surface area contributed by atoms with Crippen LogP contribution in [0, 0.1) is 0 Å². The first kappa shape index (κ1) is 57.8. The topological polar surface area (TPSA) is 102 Å². The van der Waals surface area contributed by atoms with Gasteiger partial charge in [0.25, 0.3) is 0 Å². The van der Waals surface area contributed by atoms with Gasteiger partial charge in [0.1, 0.15) is 12.6 Å². The minimum Gasteiger partial charge on any atom is -0.544 e. The summed E-state index contributed by atoms with van der Waals surface area (Å²) in [6, 6.07) is -0.733. The van der Waals surface area contributed by atoms with Crippen molar-refractivity contribution in [3.63, 3.8) is 0 Å². The Hall–Kier alpha value is -3.23. The molecule has 350 valence electrons. The Morgan fingerprint density at radius 3 is 1.36 bits per heavy atom. The van der Waals surface area contributed by atoms with Gasteiger partial charge in [-0.25, -0.2) is 0 Å². The van der Waals surface area contributed by atoms with Crippen LogP contribution in [0.25, 0.3) is 0 Å². The zero-order valence-electron chi connectivity index (χ0n) is 39.8. The molecule has 61 heavy (non-hydrogen) atoms. The van der Waals surface area contributed by atoms with Gasteiger partial charge in [0, 0.05) is 19.3 Å². The van der Waals surface area contributed by atoms with Gasteiger partial charge in [-0.1, -0.05) is 183 Å². The molecule has 0 radical (unpaired) electrons. The molecule has 0 spiro atoms. The van der Waals surface area contributed by atoms with Crippen LogP contribution in [-0.2, 0) is 28.6 Å². The Morgan fingerprint density at radius 2 is 0.918 bits per heavy atom. The van der Waals surface area contributed by atoms with Crippen molar-refractivity contribution in [1.82, 2.24) is 0 Å². The van der Waals surface area contributed by atoms with Gasteiger partial charge in [0.05, 0.1) is 40.3 Å². The van der Waals surface area contributed by atoms with E-state index in [1.165, 1.54) is 70.6 Å². The highest BCUT2D eigenvalue weighted by molar-refractivity contribution is 5.70. The van der Waals surface area contributed by atoms with Crippen LogP contribution in [-0.4, -0.2) is 75.5 Å². The molecule has 8 nitrogen and oxygen atoms in total. The number of quaternary nitrogens is 1. The van der Waals surface area contributed by atoms with Gasteiger partial charge in [-0.2, -0.15) is 0 Å². The molecular formula is C53H91NO7. The summed E-state index contributed by atoms with van der Waals surface area (Å²) >= 11 is 0. The van der Waals surface area contributed by atoms with Gasteiger partial charge < -0.3 is 28.6 Å². The summed E-state index contributed by atoms with van der Waals surface area (Å²) in [4.78, 5) is 37.0. The standard InChI is InChI=1S/C53H91NO7/c1-6-8-10-12-14-16-18-20-22-23-24-25-26-27-28-29-30-32-34-36-38-40-42-44-52(56)61-49(47-59-46-45-50(53(57)58)54(3,4)5)48-60-51(55)43-41-39-37-35-33-31-21-19-17-15-13-11-9-7-2/h8,10,14,16,20,22,24-25,27-28,30,32,49-50H,6-7,9,11-13,15,17-19,21,23,26,29,31,33-48H2,1-5H3/b10-8+,16-14+,22-20+,25-24+,28-27+,32-30+. The third-order valence-corrected chi connectivity index (χ3v) is 10.6. The number of likely N-dealkylation sites (N-methyl/N-ethyl adjacent to an activating group) is 1. The van der Waals surface area contributed by atoms with E-state index in [9.17, 15) is 19.5 Å². The number of unbranched alkanes of at least 4 members (excludes halogenated alkanes) is 17. The molecule has 0 amide bonds. The molecule has 8 heteroatoms. The van der Waals surface area contributed by atoms with E-state index in [1.54, 1.807) is 21.1 Å². The minimum absolute atomic E-state index is 0.0285. The number of carbonyl (C=O) groups excluding carboxylic acids is 3. The quantitative estimate of drug-likeness (QED) is 0.0260. The van der Waals surface area contributed by atoms with E-state index in [0.717, 1.165) is 89.9 Å². The lowest BCUT2D eigenvalue weighted by Crippen LogP contribution is -2.55. The number of carbonyl (C=O) groups is 3. The zero-order valence-corrected chi connectivity index (χ0v) is 39.8. The average molecular weight is 854 g/mol. The van der Waals surface area contributed by atoms with Crippen LogP contribution in [0.2, 0.25) is 0 Å². The fourth-order valence-corrected chi connectivity index (χ4v) is 6.84. The predicted molar refractivity (Wildman–Crippen MR) is 254 cm³/mol. The van der Waals surface area contributed by atoms with Gasteiger partial charge >= 0.3 is 11.9 Å². The van der Waals surface area contributed by atoms with E-state index < -0.39 is 18.1 Å². The number of allylic oxidation sites excluding steroid dienone is 12. The number of carboxylic acid groups (broad SMARTS) is 1. The molecule has 0 aliphatic carbocycles. The van der Waals surface area contributed by atoms with Crippen molar-refractivity contribution in [2.24, 2.45) is 0 Å². The lowest BCUT2D eigenvalue weighted by atomic mass is 10.0. The summed E-state index contributed by atoms with van der Waals surface area (Å²) in [5, 5.41) is 11.6. The van der Waals surface area contributed by atoms with Gasteiger partial charge in [0.2, 0.25) is 0 Å². The molecule has 0 bridgehead atoms. The van der Waals surface area contributed by atoms with Crippen molar-refractivity contribution in [2.45, 2.75) is 206 Å². The smallest absolute Gasteiger partial charge is 0.306 e. The van der Waals surface area contributed by atoms with Crippen LogP contribution < -0.4 is 5.11 Å². The highest BCUT2D eigenvalue weighted by Crippen LogP contribution is 2.15. The van der Waals surface area contributed by atoms with Crippen molar-refractivity contribution in [3.8, 4) is 0 Å². The lowest BCUT2D eigenvalue weighted by molar-refractivity contribution is -0.889. The summed E-state index contributed by atoms with van der Waals surface area (Å²) in [5.41, 5.74) is 0. The number of hydrogen-bond donors (Lipinski definition) is 0. The van der Waals surface area contributed by atoms with E-state index in [4.69, 9.17) is 14.2 Å². The van der Waals surface area contributed by atoms with Gasteiger partial charge in [-0.05, 0) is 64.2 Å². The first-order valence-corrected chi connectivity index (χ1v) is 24.5. The third-order valence-electron chi connectivity index (χ3n) is 10.6. The second kappa shape index (κ2) is 43.4. The number of rotatable bonds is 43. The number of esters is 2. The van der Waals surface area contributed by atoms with Gasteiger partial charge in [-0.15, -0.1) is 0 Å². The van der Waals surface area contributed by atoms with Crippen molar-refractivity contribution in [2.75, 3.05) is 41.0 Å². The van der Waals surface area contributed by atoms with Crippen LogP contribution in [0.4, 0.5) is 0 Å². The Morgan fingerprint density at radius 1 is 0.508 bits per heavy atom. The predicted octanol–water partition coefficient (Wildman–Crippen LogP) is 12.6. The van der Waals surface area contributed by atoms with E-state index in [1.807, 2.05) is 0 Å². The first-order valence-electron chi connectivity index (χ1n) is 24.5. The third kappa shape index (κ3) is 41.9. The monoisotopic (exact) mass is 854 g/mol. The van der Waals surface area contributed by atoms with Crippen molar-refractivity contribution in [1.29, 1.82) is 0 Å². The van der Waals surface area contributed by atoms with Gasteiger partial charge in [0.15, 0.2) is 6.10 Å². The number of carboxylic acids is 1. The van der Waals surface area contributed by atoms with E-state index in [-0.39, 0.29) is 49.1 Å². The lowest BCUT2D eigenvalue weighted by Gasteiger charge is -2.34. The maximum Gasteiger partial charge on any atom is 0.306 e. The van der Waals surface area contributed by atoms with Crippen molar-refractivity contribution >= 4 is 17.9 Å². The molecule has 0 saturated heterocycles. The highest BCUT2D eigenvalue weighted by Gasteiger charge is 2.25. The summed E-state index contributed by atoms with van der Waals surface area (Å²) in [6.45, 7) is 4.52. The molecule has 0 fully saturated rings. The summed E-state index contributed by atoms with van der Waals surface area (Å²) in [7, 11) is 5.40. The van der Waals surface area contributed by atoms with E-state index in [0.29, 0.717) is 6.42 Å². The van der Waals surface area contributed by atoms with Crippen LogP contribution in [0.1, 0.15) is 194 Å². The normalized spacial score (nSPS) is 13.5. The maximum absolute atomic E-state index is 12.8. The summed E-state index contributed by atoms with van der Waals surface area (Å²) < 4.78 is 17.2. The molecule has 0 aromatic heterocycles. The fourth-order valence-electron chi connectivity index (χ4n) is 6.84. The second-order valence-corrected chi connectivity index (χ2v) is 17.3. The molecule has 2 unspecified atom stereocenters. The number of aliphatic carboxylic acids is 1. The number of nitrogens with zero attached hydrogens (tertiary/aromatic N) is 1. The van der Waals surface area contributed by atoms with E-state index >= 15 is 0 Å². The summed E-state index contributed by atoms with van der Waals surface area (Å²) in [6.07, 6.45) is 55.0. The number of hydrogen-bond acceptors (Lipinski definition) is 7. The highest BCUT2D eigenvalue weighted by atomic mass is 16.6. The van der Waals surface area contributed by atoms with Crippen LogP contribution in [0.5, 0.6) is 0 Å². The molecule has 0 aromatic carbocycles. The second-order valence-electron chi connectivity index (χ2n) is 17.3. The molecule has 0 saturated carbocycles. The van der Waals surface area contributed by atoms with Crippen LogP contribution in [0.15, 0.2) is 72.9 Å². The molecule has 0 aliphatic heterocycles. The van der Waals surface area contributed by atoms with E-state index in [2.05, 4.69) is 86.8 Å². The zero-order chi connectivity index (χ0) is 44.9. The van der Waals surface area contributed by atoms with Crippen molar-refractivity contribution < 1.29 is 38.2 Å². The fraction of sp³-hybridized carbons (Fsp3) is 0.717. The largest absolute Gasteiger partial charge is 0.544 e. The molecule has 0 heterocycles. The Bertz CT molecular complexity index is 1230. The van der Waals surface area contributed by atoms with Crippen LogP contribution >= 0.6 is 0 Å².